The molecule has 0 fully saturated rings. The summed E-state index contributed by atoms with van der Waals surface area (Å²) in [4.78, 5) is 3.93. The van der Waals surface area contributed by atoms with E-state index in [1.54, 1.807) is 0 Å². The van der Waals surface area contributed by atoms with Crippen molar-refractivity contribution < 1.29 is 4.39 Å². The lowest BCUT2D eigenvalue weighted by molar-refractivity contribution is 0.626. The average molecular weight is 277 g/mol. The number of nitrogens with zero attached hydrogens (tertiary/aromatic N) is 1. The van der Waals surface area contributed by atoms with Gasteiger partial charge in [-0.1, -0.05) is 34.8 Å². The molecule has 2 aromatic rings. The van der Waals surface area contributed by atoms with E-state index in [4.69, 9.17) is 34.8 Å². The van der Waals surface area contributed by atoms with Gasteiger partial charge in [-0.3, -0.25) is 4.98 Å². The zero-order valence-corrected chi connectivity index (χ0v) is 10.1. The highest BCUT2D eigenvalue weighted by atomic mass is 35.5. The van der Waals surface area contributed by atoms with Crippen LogP contribution in [0, 0.1) is 5.82 Å². The van der Waals surface area contributed by atoms with E-state index in [-0.39, 0.29) is 20.8 Å². The number of hydrogen-bond acceptors (Lipinski definition) is 1. The minimum absolute atomic E-state index is 0.197. The molecule has 0 saturated heterocycles. The molecule has 0 aliphatic rings. The van der Waals surface area contributed by atoms with Crippen molar-refractivity contribution in [2.75, 3.05) is 0 Å². The maximum atomic E-state index is 13.5. The molecule has 0 N–H and O–H groups in total. The second kappa shape index (κ2) is 4.58. The number of aromatic nitrogens is 1. The molecule has 82 valence electrons. The monoisotopic (exact) mass is 275 g/mol. The van der Waals surface area contributed by atoms with Crippen molar-refractivity contribution >= 4 is 34.8 Å². The zero-order chi connectivity index (χ0) is 11.7. The fourth-order valence-corrected chi connectivity index (χ4v) is 1.89. The predicted molar refractivity (Wildman–Crippen MR) is 64.7 cm³/mol. The predicted octanol–water partition coefficient (Wildman–Crippen LogP) is 4.85. The Balaban J connectivity index is 2.62. The van der Waals surface area contributed by atoms with Crippen LogP contribution >= 0.6 is 34.8 Å². The first-order chi connectivity index (χ1) is 7.59. The quantitative estimate of drug-likeness (QED) is 0.679. The number of pyridine rings is 1. The van der Waals surface area contributed by atoms with Crippen molar-refractivity contribution in [3.8, 4) is 11.3 Å². The summed E-state index contributed by atoms with van der Waals surface area (Å²) < 4.78 is 13.5. The normalized spacial score (nSPS) is 10.5. The third-order valence-electron chi connectivity index (χ3n) is 2.02. The summed E-state index contributed by atoms with van der Waals surface area (Å²) in [7, 11) is 0. The van der Waals surface area contributed by atoms with Gasteiger partial charge >= 0.3 is 0 Å². The molecule has 0 radical (unpaired) electrons. The highest BCUT2D eigenvalue weighted by molar-refractivity contribution is 6.48. The van der Waals surface area contributed by atoms with Gasteiger partial charge in [0.05, 0.1) is 15.1 Å². The Morgan fingerprint density at radius 3 is 2.25 bits per heavy atom. The van der Waals surface area contributed by atoms with Gasteiger partial charge < -0.3 is 0 Å². The Kier molecular flexibility index (Phi) is 3.33. The van der Waals surface area contributed by atoms with Crippen LogP contribution in [0.2, 0.25) is 15.1 Å². The molecule has 0 atom stereocenters. The molecule has 0 amide bonds. The minimum atomic E-state index is -0.433. The molecule has 2 rings (SSSR count). The van der Waals surface area contributed by atoms with Gasteiger partial charge in [0.25, 0.3) is 0 Å². The lowest BCUT2D eigenvalue weighted by atomic mass is 10.1. The number of halogens is 4. The summed E-state index contributed by atoms with van der Waals surface area (Å²) in [5.74, 6) is -0.433. The topological polar surface area (TPSA) is 12.9 Å². The van der Waals surface area contributed by atoms with Crippen molar-refractivity contribution in [1.82, 2.24) is 4.98 Å². The lowest BCUT2D eigenvalue weighted by Gasteiger charge is -2.05. The van der Waals surface area contributed by atoms with Crippen molar-refractivity contribution in [3.05, 3.63) is 51.3 Å². The van der Waals surface area contributed by atoms with E-state index in [1.807, 2.05) is 0 Å². The first-order valence-electron chi connectivity index (χ1n) is 4.35. The molecule has 0 unspecified atom stereocenters. The van der Waals surface area contributed by atoms with E-state index in [9.17, 15) is 4.39 Å². The Bertz CT molecular complexity index is 519. The molecule has 0 aliphatic heterocycles. The van der Waals surface area contributed by atoms with E-state index in [0.717, 1.165) is 0 Å². The van der Waals surface area contributed by atoms with Gasteiger partial charge in [-0.2, -0.15) is 0 Å². The molecule has 1 aromatic carbocycles. The van der Waals surface area contributed by atoms with Crippen molar-refractivity contribution in [2.24, 2.45) is 0 Å². The smallest absolute Gasteiger partial charge is 0.149 e. The molecule has 0 spiro atoms. The summed E-state index contributed by atoms with van der Waals surface area (Å²) in [6.07, 6.45) is 1.49. The lowest BCUT2D eigenvalue weighted by Crippen LogP contribution is -1.88. The van der Waals surface area contributed by atoms with Crippen LogP contribution in [-0.4, -0.2) is 4.98 Å². The fraction of sp³-hybridized carbons (Fsp3) is 0. The molecule has 0 saturated carbocycles. The van der Waals surface area contributed by atoms with Gasteiger partial charge in [-0.25, -0.2) is 4.39 Å². The molecule has 16 heavy (non-hydrogen) atoms. The second-order valence-corrected chi connectivity index (χ2v) is 4.28. The molecule has 1 heterocycles. The average Bonchev–Trinajstić information content (AvgIpc) is 2.26. The molecule has 1 nitrogen and oxygen atoms in total. The number of hydrogen-bond donors (Lipinski definition) is 0. The highest BCUT2D eigenvalue weighted by Crippen LogP contribution is 2.34. The van der Waals surface area contributed by atoms with E-state index in [2.05, 4.69) is 4.98 Å². The molecule has 5 heteroatoms. The first-order valence-corrected chi connectivity index (χ1v) is 5.48. The molecular formula is C11H5Cl3FN. The third-order valence-corrected chi connectivity index (χ3v) is 3.21. The van der Waals surface area contributed by atoms with Crippen molar-refractivity contribution in [3.63, 3.8) is 0 Å². The Morgan fingerprint density at radius 1 is 1.06 bits per heavy atom. The maximum absolute atomic E-state index is 13.5. The van der Waals surface area contributed by atoms with Crippen molar-refractivity contribution in [1.29, 1.82) is 0 Å². The maximum Gasteiger partial charge on any atom is 0.149 e. The first kappa shape index (κ1) is 11.6. The summed E-state index contributed by atoms with van der Waals surface area (Å²) >= 11 is 17.5. The van der Waals surface area contributed by atoms with Gasteiger partial charge in [-0.05, 0) is 24.3 Å². The second-order valence-electron chi connectivity index (χ2n) is 3.09. The van der Waals surface area contributed by atoms with Crippen LogP contribution in [0.25, 0.3) is 11.3 Å². The van der Waals surface area contributed by atoms with E-state index in [0.29, 0.717) is 5.56 Å². The van der Waals surface area contributed by atoms with Gasteiger partial charge in [-0.15, -0.1) is 0 Å². The summed E-state index contributed by atoms with van der Waals surface area (Å²) in [5, 5.41) is 0.798. The van der Waals surface area contributed by atoms with Crippen LogP contribution in [0.1, 0.15) is 0 Å². The number of benzene rings is 1. The van der Waals surface area contributed by atoms with Crippen LogP contribution in [0.5, 0.6) is 0 Å². The Labute approximate surface area is 107 Å². The number of rotatable bonds is 1. The van der Waals surface area contributed by atoms with Gasteiger partial charge in [0.1, 0.15) is 11.5 Å². The minimum Gasteiger partial charge on any atom is -0.253 e. The Hall–Kier alpha value is -0.830. The summed E-state index contributed by atoms with van der Waals surface area (Å²) in [5.41, 5.74) is 0.695. The zero-order valence-electron chi connectivity index (χ0n) is 7.85. The van der Waals surface area contributed by atoms with Crippen LogP contribution in [0.3, 0.4) is 0 Å². The fourth-order valence-electron chi connectivity index (χ4n) is 1.29. The molecular weight excluding hydrogens is 271 g/mol. The Morgan fingerprint density at radius 2 is 1.69 bits per heavy atom. The largest absolute Gasteiger partial charge is 0.253 e. The van der Waals surface area contributed by atoms with E-state index < -0.39 is 5.82 Å². The van der Waals surface area contributed by atoms with Crippen LogP contribution in [0.15, 0.2) is 30.5 Å². The summed E-state index contributed by atoms with van der Waals surface area (Å²) in [6, 6.07) is 5.89. The van der Waals surface area contributed by atoms with Crippen molar-refractivity contribution in [2.45, 2.75) is 0 Å². The third kappa shape index (κ3) is 2.14. The molecule has 1 aromatic heterocycles. The standard InChI is InChI=1S/C11H5Cl3FN/c12-7-4-6(5-8(13)10(7)14)11-9(15)2-1-3-16-11/h1-5H. The van der Waals surface area contributed by atoms with Crippen LogP contribution in [-0.2, 0) is 0 Å². The van der Waals surface area contributed by atoms with Crippen LogP contribution in [0.4, 0.5) is 4.39 Å². The molecule has 0 aliphatic carbocycles. The van der Waals surface area contributed by atoms with Gasteiger partial charge in [0.2, 0.25) is 0 Å². The SMILES string of the molecule is Fc1cccnc1-c1cc(Cl)c(Cl)c(Cl)c1. The highest BCUT2D eigenvalue weighted by Gasteiger charge is 2.11. The summed E-state index contributed by atoms with van der Waals surface area (Å²) in [6.45, 7) is 0. The van der Waals surface area contributed by atoms with E-state index >= 15 is 0 Å². The van der Waals surface area contributed by atoms with Gasteiger partial charge in [0.15, 0.2) is 0 Å². The van der Waals surface area contributed by atoms with Gasteiger partial charge in [0, 0.05) is 11.8 Å². The van der Waals surface area contributed by atoms with E-state index in [1.165, 1.54) is 30.5 Å². The molecule has 0 bridgehead atoms. The van der Waals surface area contributed by atoms with Crippen LogP contribution < -0.4 is 0 Å².